The molecule has 0 radical (unpaired) electrons. The molecule has 2 aliphatic rings. The maximum absolute atomic E-state index is 5.45. The van der Waals surface area contributed by atoms with E-state index in [9.17, 15) is 0 Å². The topological polar surface area (TPSA) is 70.2 Å². The fourth-order valence-corrected chi connectivity index (χ4v) is 9.54. The number of benzene rings is 4. The maximum atomic E-state index is 5.45. The van der Waals surface area contributed by atoms with Crippen LogP contribution in [-0.4, -0.2) is 24.9 Å². The van der Waals surface area contributed by atoms with Crippen molar-refractivity contribution in [2.45, 2.75) is 0 Å². The molecule has 0 saturated carbocycles. The number of H-pyrrole nitrogens is 2. The van der Waals surface area contributed by atoms with Crippen molar-refractivity contribution in [1.82, 2.24) is 24.9 Å². The standard InChI is InChI=1S/C51H33N5S2/c1-4-11-32(12-5-1)47-37-22-24-39(52-37)48(33-13-6-2-7-14-33)41-26-28-43(54-41)50(35-18-20-36(21-19-35)51-56-45(31-58-51)46-17-10-30-57-46)44-29-27-42(55-44)49(34-15-8-3-9-16-34)40-25-23-38(47)53-40/h1-31,52,55H. The van der Waals surface area contributed by atoms with Crippen molar-refractivity contribution in [2.75, 3.05) is 0 Å². The Morgan fingerprint density at radius 1 is 0.345 bits per heavy atom. The van der Waals surface area contributed by atoms with E-state index in [4.69, 9.17) is 15.0 Å². The van der Waals surface area contributed by atoms with Gasteiger partial charge in [-0.05, 0) is 82.3 Å². The minimum atomic E-state index is 0.879. The highest BCUT2D eigenvalue weighted by Crippen LogP contribution is 2.39. The lowest BCUT2D eigenvalue weighted by molar-refractivity contribution is 1.31. The second-order valence-corrected chi connectivity index (χ2v) is 16.0. The van der Waals surface area contributed by atoms with Crippen LogP contribution >= 0.6 is 22.7 Å². The zero-order chi connectivity index (χ0) is 38.4. The second-order valence-electron chi connectivity index (χ2n) is 14.2. The molecule has 5 aromatic heterocycles. The van der Waals surface area contributed by atoms with Crippen LogP contribution in [0.4, 0.5) is 0 Å². The molecule has 0 aliphatic carbocycles. The number of aromatic nitrogens is 5. The molecule has 0 spiro atoms. The molecule has 2 aliphatic heterocycles. The molecule has 2 N–H and O–H groups in total. The molecule has 7 heteroatoms. The number of rotatable bonds is 6. The SMILES string of the molecule is C1=Cc2nc1c(-c1ccccc1)c1ccc([nH]1)c(-c1ccccc1)c1nc(c(-c3ccc(-c4nc(-c5cccs5)cs4)cc3)c3ccc([nH]3)c2-c2ccccc2)C=C1. The lowest BCUT2D eigenvalue weighted by Crippen LogP contribution is -1.89. The zero-order valence-corrected chi connectivity index (χ0v) is 32.7. The van der Waals surface area contributed by atoms with Gasteiger partial charge >= 0.3 is 0 Å². The molecule has 8 bridgehead atoms. The van der Waals surface area contributed by atoms with Crippen molar-refractivity contribution < 1.29 is 0 Å². The lowest BCUT2D eigenvalue weighted by Gasteiger charge is -2.07. The number of hydrogen-bond acceptors (Lipinski definition) is 5. The summed E-state index contributed by atoms with van der Waals surface area (Å²) in [4.78, 5) is 24.7. The van der Waals surface area contributed by atoms with Gasteiger partial charge in [-0.1, -0.05) is 121 Å². The summed E-state index contributed by atoms with van der Waals surface area (Å²) in [7, 11) is 0. The molecule has 11 rings (SSSR count). The van der Waals surface area contributed by atoms with Crippen LogP contribution < -0.4 is 0 Å². The molecule has 7 heterocycles. The Labute approximate surface area is 343 Å². The molecule has 58 heavy (non-hydrogen) atoms. The molecule has 0 atom stereocenters. The summed E-state index contributed by atoms with van der Waals surface area (Å²) in [6.45, 7) is 0. The van der Waals surface area contributed by atoms with E-state index < -0.39 is 0 Å². The van der Waals surface area contributed by atoms with Crippen LogP contribution in [-0.2, 0) is 0 Å². The smallest absolute Gasteiger partial charge is 0.124 e. The van der Waals surface area contributed by atoms with Crippen LogP contribution in [0.15, 0.2) is 162 Å². The van der Waals surface area contributed by atoms with E-state index in [-0.39, 0.29) is 0 Å². The fraction of sp³-hybridized carbons (Fsp3) is 0. The first-order valence-corrected chi connectivity index (χ1v) is 20.9. The number of aromatic amines is 2. The second kappa shape index (κ2) is 14.4. The molecule has 0 unspecified atom stereocenters. The first kappa shape index (κ1) is 34.1. The van der Waals surface area contributed by atoms with Gasteiger partial charge in [0.05, 0.1) is 33.3 Å². The Balaban J connectivity index is 1.21. The van der Waals surface area contributed by atoms with Crippen LogP contribution in [0, 0.1) is 0 Å². The van der Waals surface area contributed by atoms with Gasteiger partial charge in [0.25, 0.3) is 0 Å². The minimum Gasteiger partial charge on any atom is -0.354 e. The third-order valence-corrected chi connectivity index (χ3v) is 12.4. The van der Waals surface area contributed by atoms with E-state index in [0.29, 0.717) is 0 Å². The average molecular weight is 780 g/mol. The largest absolute Gasteiger partial charge is 0.354 e. The van der Waals surface area contributed by atoms with Crippen LogP contribution in [0.25, 0.3) is 112 Å². The lowest BCUT2D eigenvalue weighted by atomic mass is 10.0. The Bertz CT molecular complexity index is 3150. The van der Waals surface area contributed by atoms with Gasteiger partial charge in [-0.25, -0.2) is 15.0 Å². The highest BCUT2D eigenvalue weighted by atomic mass is 32.1. The van der Waals surface area contributed by atoms with E-state index in [0.717, 1.165) is 106 Å². The number of thiophene rings is 1. The van der Waals surface area contributed by atoms with Crippen molar-refractivity contribution in [2.24, 2.45) is 0 Å². The van der Waals surface area contributed by atoms with Crippen molar-refractivity contribution in [1.29, 1.82) is 0 Å². The molecule has 0 saturated heterocycles. The Morgan fingerprint density at radius 3 is 1.14 bits per heavy atom. The predicted molar refractivity (Wildman–Crippen MR) is 245 cm³/mol. The van der Waals surface area contributed by atoms with Crippen LogP contribution in [0.5, 0.6) is 0 Å². The van der Waals surface area contributed by atoms with Crippen molar-refractivity contribution >= 4 is 69.0 Å². The molecule has 9 aromatic rings. The van der Waals surface area contributed by atoms with Crippen LogP contribution in [0.1, 0.15) is 22.8 Å². The molecule has 5 nitrogen and oxygen atoms in total. The highest BCUT2D eigenvalue weighted by molar-refractivity contribution is 7.15. The summed E-state index contributed by atoms with van der Waals surface area (Å²) in [5, 5.41) is 5.23. The van der Waals surface area contributed by atoms with Crippen LogP contribution in [0.2, 0.25) is 0 Å². The van der Waals surface area contributed by atoms with Crippen molar-refractivity contribution in [3.05, 3.63) is 185 Å². The van der Waals surface area contributed by atoms with Crippen molar-refractivity contribution in [3.63, 3.8) is 0 Å². The third-order valence-electron chi connectivity index (χ3n) is 10.6. The molecule has 274 valence electrons. The van der Waals surface area contributed by atoms with Gasteiger partial charge in [0.2, 0.25) is 0 Å². The van der Waals surface area contributed by atoms with Gasteiger partial charge in [0, 0.05) is 55.3 Å². The van der Waals surface area contributed by atoms with Gasteiger partial charge in [-0.3, -0.25) is 0 Å². The summed E-state index contributed by atoms with van der Waals surface area (Å²) in [6, 6.07) is 53.1. The number of nitrogens with zero attached hydrogens (tertiary/aromatic N) is 3. The molecular formula is C51H33N5S2. The third kappa shape index (κ3) is 6.14. The van der Waals surface area contributed by atoms with Gasteiger partial charge in [-0.15, -0.1) is 22.7 Å². The van der Waals surface area contributed by atoms with Gasteiger partial charge in [-0.2, -0.15) is 0 Å². The Morgan fingerprint density at radius 2 is 0.741 bits per heavy atom. The average Bonchev–Trinajstić information content (AvgIpc) is 4.13. The predicted octanol–water partition coefficient (Wildman–Crippen LogP) is 14.2. The molecule has 4 aromatic carbocycles. The van der Waals surface area contributed by atoms with E-state index in [2.05, 4.69) is 197 Å². The normalized spacial score (nSPS) is 12.0. The molecule has 0 fully saturated rings. The van der Waals surface area contributed by atoms with E-state index >= 15 is 0 Å². The monoisotopic (exact) mass is 779 g/mol. The first-order valence-electron chi connectivity index (χ1n) is 19.2. The van der Waals surface area contributed by atoms with Gasteiger partial charge in [0.15, 0.2) is 0 Å². The number of thiazole rings is 1. The summed E-state index contributed by atoms with van der Waals surface area (Å²) in [6.07, 6.45) is 8.57. The van der Waals surface area contributed by atoms with Crippen molar-refractivity contribution in [3.8, 4) is 65.6 Å². The quantitative estimate of drug-likeness (QED) is 0.177. The van der Waals surface area contributed by atoms with E-state index in [1.807, 2.05) is 0 Å². The number of hydrogen-bond donors (Lipinski definition) is 2. The summed E-state index contributed by atoms with van der Waals surface area (Å²) in [5.41, 5.74) is 18.0. The Kier molecular flexibility index (Phi) is 8.46. The summed E-state index contributed by atoms with van der Waals surface area (Å²) in [5.74, 6) is 0. The van der Waals surface area contributed by atoms with E-state index in [1.165, 1.54) is 4.88 Å². The fourth-order valence-electron chi connectivity index (χ4n) is 7.96. The highest BCUT2D eigenvalue weighted by Gasteiger charge is 2.19. The summed E-state index contributed by atoms with van der Waals surface area (Å²) >= 11 is 3.38. The van der Waals surface area contributed by atoms with Gasteiger partial charge in [0.1, 0.15) is 5.01 Å². The van der Waals surface area contributed by atoms with Crippen LogP contribution in [0.3, 0.4) is 0 Å². The van der Waals surface area contributed by atoms with E-state index in [1.54, 1.807) is 22.7 Å². The Hall–Kier alpha value is -7.19. The minimum absolute atomic E-state index is 0.879. The summed E-state index contributed by atoms with van der Waals surface area (Å²) < 4.78 is 0. The molecule has 0 amide bonds. The zero-order valence-electron chi connectivity index (χ0n) is 31.1. The molecular weight excluding hydrogens is 747 g/mol. The first-order chi connectivity index (χ1) is 28.7. The number of fused-ring (bicyclic) bond motifs is 8. The number of nitrogens with one attached hydrogen (secondary N) is 2. The maximum Gasteiger partial charge on any atom is 0.124 e. The van der Waals surface area contributed by atoms with Gasteiger partial charge < -0.3 is 9.97 Å².